The van der Waals surface area contributed by atoms with E-state index in [4.69, 9.17) is 4.74 Å². The molecule has 3 aliphatic rings. The summed E-state index contributed by atoms with van der Waals surface area (Å²) < 4.78 is 22.4. The summed E-state index contributed by atoms with van der Waals surface area (Å²) in [5.74, 6) is 1.36. The molecule has 0 saturated carbocycles. The van der Waals surface area contributed by atoms with E-state index in [1.54, 1.807) is 4.68 Å². The predicted molar refractivity (Wildman–Crippen MR) is 129 cm³/mol. The summed E-state index contributed by atoms with van der Waals surface area (Å²) >= 11 is 0. The van der Waals surface area contributed by atoms with Crippen molar-refractivity contribution in [2.45, 2.75) is 76.6 Å². The quantitative estimate of drug-likeness (QED) is 0.578. The summed E-state index contributed by atoms with van der Waals surface area (Å²) in [5, 5.41) is 18.6. The van der Waals surface area contributed by atoms with Gasteiger partial charge < -0.3 is 15.4 Å². The van der Waals surface area contributed by atoms with Gasteiger partial charge >= 0.3 is 0 Å². The molecule has 0 aliphatic carbocycles. The lowest BCUT2D eigenvalue weighted by Crippen LogP contribution is -2.55. The van der Waals surface area contributed by atoms with Crippen LogP contribution in [0.1, 0.15) is 59.2 Å². The van der Waals surface area contributed by atoms with Crippen LogP contribution in [-0.2, 0) is 5.60 Å². The number of piperidine rings is 1. The maximum atomic E-state index is 14.7. The van der Waals surface area contributed by atoms with Crippen molar-refractivity contribution in [3.8, 4) is 11.4 Å². The molecule has 0 amide bonds. The Hall–Kier alpha value is -3.34. The number of anilines is 3. The number of halogens is 1. The van der Waals surface area contributed by atoms with Gasteiger partial charge in [-0.25, -0.2) is 9.37 Å². The second kappa shape index (κ2) is 7.84. The summed E-state index contributed by atoms with van der Waals surface area (Å²) in [6.45, 7) is 9.54. The summed E-state index contributed by atoms with van der Waals surface area (Å²) in [4.78, 5) is 11.2. The molecule has 2 unspecified atom stereocenters. The molecule has 2 saturated heterocycles. The Morgan fingerprint density at radius 3 is 2.91 bits per heavy atom. The van der Waals surface area contributed by atoms with Crippen LogP contribution in [0.3, 0.4) is 0 Å². The van der Waals surface area contributed by atoms with Crippen LogP contribution in [0.4, 0.5) is 21.8 Å². The number of nitrogens with zero attached hydrogens (tertiary/aromatic N) is 7. The largest absolute Gasteiger partial charge is 0.478 e. The van der Waals surface area contributed by atoms with E-state index in [1.165, 1.54) is 19.0 Å². The fraction of sp³-hybridized carbons (Fsp3) is 0.542. The minimum atomic E-state index is -0.644. The fourth-order valence-corrected chi connectivity index (χ4v) is 5.86. The third-order valence-corrected chi connectivity index (χ3v) is 7.36. The van der Waals surface area contributed by atoms with Crippen molar-refractivity contribution in [1.82, 2.24) is 35.1 Å². The van der Waals surface area contributed by atoms with E-state index in [1.807, 2.05) is 32.0 Å². The summed E-state index contributed by atoms with van der Waals surface area (Å²) in [5.41, 5.74) is 0.859. The van der Waals surface area contributed by atoms with E-state index in [0.29, 0.717) is 34.9 Å². The highest BCUT2D eigenvalue weighted by molar-refractivity contribution is 5.63. The molecular weight excluding hydrogens is 449 g/mol. The van der Waals surface area contributed by atoms with E-state index in [0.717, 1.165) is 19.4 Å². The van der Waals surface area contributed by atoms with Crippen molar-refractivity contribution in [3.05, 3.63) is 36.0 Å². The van der Waals surface area contributed by atoms with Crippen molar-refractivity contribution < 1.29 is 9.13 Å². The highest BCUT2D eigenvalue weighted by atomic mass is 19.1. The number of hydrogen-bond acceptors (Lipinski definition) is 9. The van der Waals surface area contributed by atoms with Crippen LogP contribution in [0.5, 0.6) is 5.75 Å². The van der Waals surface area contributed by atoms with Crippen LogP contribution in [0, 0.1) is 5.82 Å². The second-order valence-corrected chi connectivity index (χ2v) is 10.8. The maximum Gasteiger partial charge on any atom is 0.229 e. The van der Waals surface area contributed by atoms with Gasteiger partial charge in [-0.1, -0.05) is 0 Å². The summed E-state index contributed by atoms with van der Waals surface area (Å²) in [6.07, 6.45) is 5.56. The number of nitrogens with one attached hydrogen (secondary N) is 2. The molecule has 1 aromatic carbocycles. The first-order chi connectivity index (χ1) is 16.7. The van der Waals surface area contributed by atoms with Crippen LogP contribution in [0.25, 0.3) is 5.69 Å². The molecule has 10 nitrogen and oxygen atoms in total. The normalized spacial score (nSPS) is 24.1. The molecule has 6 rings (SSSR count). The SMILES string of the molecule is CC1(C)Oc2ccc(Nc3ncc(F)c(NC4CC5CCCN5C(C)(C)C4)n3)cc2-n2nnnc21. The highest BCUT2D eigenvalue weighted by Gasteiger charge is 2.43. The number of fused-ring (bicyclic) bond motifs is 4. The molecule has 3 aromatic rings. The van der Waals surface area contributed by atoms with Crippen LogP contribution in [-0.4, -0.2) is 59.2 Å². The molecule has 11 heteroatoms. The van der Waals surface area contributed by atoms with Gasteiger partial charge in [0.25, 0.3) is 0 Å². The van der Waals surface area contributed by atoms with E-state index in [-0.39, 0.29) is 17.4 Å². The Kier molecular flexibility index (Phi) is 4.96. The number of ether oxygens (including phenoxy) is 1. The van der Waals surface area contributed by atoms with Gasteiger partial charge in [0.05, 0.1) is 6.20 Å². The molecule has 2 fully saturated rings. The standard InChI is InChI=1S/C24H30FN9O/c1-23(2)12-15(10-16-6-5-9-33(16)23)27-20-17(25)13-26-22(29-20)28-14-7-8-19-18(11-14)34-21(30-31-32-34)24(3,4)35-19/h7-8,11,13,15-16H,5-6,9-10,12H2,1-4H3,(H2,26,27,28,29). The molecule has 2 N–H and O–H groups in total. The van der Waals surface area contributed by atoms with Crippen molar-refractivity contribution in [2.75, 3.05) is 17.2 Å². The zero-order valence-electron chi connectivity index (χ0n) is 20.4. The first-order valence-corrected chi connectivity index (χ1v) is 12.1. The Morgan fingerprint density at radius 2 is 2.06 bits per heavy atom. The van der Waals surface area contributed by atoms with Crippen molar-refractivity contribution in [3.63, 3.8) is 0 Å². The summed E-state index contributed by atoms with van der Waals surface area (Å²) in [6, 6.07) is 6.27. The van der Waals surface area contributed by atoms with Gasteiger partial charge in [0, 0.05) is 23.3 Å². The molecule has 0 spiro atoms. The van der Waals surface area contributed by atoms with Crippen LogP contribution < -0.4 is 15.4 Å². The van der Waals surface area contributed by atoms with Crippen LogP contribution >= 0.6 is 0 Å². The lowest BCUT2D eigenvalue weighted by atomic mass is 9.84. The van der Waals surface area contributed by atoms with Crippen LogP contribution in [0.15, 0.2) is 24.4 Å². The molecule has 35 heavy (non-hydrogen) atoms. The van der Waals surface area contributed by atoms with Gasteiger partial charge in [-0.2, -0.15) is 9.67 Å². The van der Waals surface area contributed by atoms with E-state index < -0.39 is 11.4 Å². The molecule has 5 heterocycles. The molecule has 0 radical (unpaired) electrons. The lowest BCUT2D eigenvalue weighted by Gasteiger charge is -2.47. The first kappa shape index (κ1) is 22.1. The topological polar surface area (TPSA) is 106 Å². The third-order valence-electron chi connectivity index (χ3n) is 7.36. The van der Waals surface area contributed by atoms with Crippen molar-refractivity contribution in [1.29, 1.82) is 0 Å². The summed E-state index contributed by atoms with van der Waals surface area (Å²) in [7, 11) is 0. The Labute approximate surface area is 203 Å². The van der Waals surface area contributed by atoms with Gasteiger partial charge in [-0.15, -0.1) is 5.10 Å². The number of benzene rings is 1. The van der Waals surface area contributed by atoms with Crippen molar-refractivity contribution in [2.24, 2.45) is 0 Å². The monoisotopic (exact) mass is 479 g/mol. The molecule has 184 valence electrons. The minimum Gasteiger partial charge on any atom is -0.478 e. The Bertz CT molecular complexity index is 1270. The minimum absolute atomic E-state index is 0.0799. The number of aromatic nitrogens is 6. The molecule has 2 aromatic heterocycles. The Morgan fingerprint density at radius 1 is 1.20 bits per heavy atom. The zero-order chi connectivity index (χ0) is 24.4. The molecule has 0 bridgehead atoms. The zero-order valence-corrected chi connectivity index (χ0v) is 20.4. The van der Waals surface area contributed by atoms with Crippen LogP contribution in [0.2, 0.25) is 0 Å². The lowest BCUT2D eigenvalue weighted by molar-refractivity contribution is 0.0500. The highest BCUT2D eigenvalue weighted by Crippen LogP contribution is 2.40. The number of rotatable bonds is 4. The Balaban J connectivity index is 1.22. The maximum absolute atomic E-state index is 14.7. The van der Waals surface area contributed by atoms with E-state index in [2.05, 4.69) is 54.9 Å². The van der Waals surface area contributed by atoms with Gasteiger partial charge in [-0.05, 0) is 88.5 Å². The smallest absolute Gasteiger partial charge is 0.229 e. The molecular formula is C24H30FN9O. The average molecular weight is 480 g/mol. The van der Waals surface area contributed by atoms with Gasteiger partial charge in [0.2, 0.25) is 5.95 Å². The van der Waals surface area contributed by atoms with Gasteiger partial charge in [0.15, 0.2) is 23.1 Å². The van der Waals surface area contributed by atoms with Crippen molar-refractivity contribution >= 4 is 17.5 Å². The number of tetrazole rings is 1. The van der Waals surface area contributed by atoms with Gasteiger partial charge in [-0.3, -0.25) is 4.90 Å². The third kappa shape index (κ3) is 3.87. The fourth-order valence-electron chi connectivity index (χ4n) is 5.86. The van der Waals surface area contributed by atoms with Gasteiger partial charge in [0.1, 0.15) is 11.4 Å². The average Bonchev–Trinajstić information content (AvgIpc) is 3.47. The van der Waals surface area contributed by atoms with E-state index >= 15 is 0 Å². The number of hydrogen-bond donors (Lipinski definition) is 2. The van der Waals surface area contributed by atoms with E-state index in [9.17, 15) is 4.39 Å². The molecule has 2 atom stereocenters. The second-order valence-electron chi connectivity index (χ2n) is 10.8. The molecule has 3 aliphatic heterocycles. The predicted octanol–water partition coefficient (Wildman–Crippen LogP) is 3.78. The first-order valence-electron chi connectivity index (χ1n) is 12.1.